The van der Waals surface area contributed by atoms with Crippen molar-refractivity contribution in [2.75, 3.05) is 12.0 Å². The maximum Gasteiger partial charge on any atom is 0.338 e. The Morgan fingerprint density at radius 2 is 1.62 bits per heavy atom. The van der Waals surface area contributed by atoms with Crippen molar-refractivity contribution in [3.8, 4) is 5.75 Å². The van der Waals surface area contributed by atoms with E-state index in [4.69, 9.17) is 9.47 Å². The van der Waals surface area contributed by atoms with E-state index in [1.165, 1.54) is 32.2 Å². The molecule has 2 aromatic carbocycles. The molecular weight excluding hydrogens is 434 g/mol. The van der Waals surface area contributed by atoms with Crippen LogP contribution in [0, 0.1) is 6.92 Å². The summed E-state index contributed by atoms with van der Waals surface area (Å²) in [4.78, 5) is 51.5. The zero-order valence-electron chi connectivity index (χ0n) is 17.3. The Balaban J connectivity index is 1.51. The molecule has 1 aliphatic rings. The standard InChI is InChI=1S/C22H17N3O6S/c1-11(18(26)13-4-7-15(30-3)8-5-13)31-21(29)14-6-9-16-17(10-14)20(28)25(19(16)27)22-24-23-12(2)32-22/h4-11H,1-3H3/t11-/m1/s1. The number of carbonyl (C=O) groups excluding carboxylic acids is 4. The molecule has 10 heteroatoms. The largest absolute Gasteiger partial charge is 0.497 e. The molecule has 2 amide bonds. The van der Waals surface area contributed by atoms with Gasteiger partial charge in [0.2, 0.25) is 10.9 Å². The lowest BCUT2D eigenvalue weighted by atomic mass is 10.1. The van der Waals surface area contributed by atoms with Crippen LogP contribution in [-0.4, -0.2) is 47.0 Å². The topological polar surface area (TPSA) is 116 Å². The van der Waals surface area contributed by atoms with Crippen molar-refractivity contribution in [1.82, 2.24) is 10.2 Å². The number of Topliss-reactive ketones (excluding diaryl/α,β-unsaturated/α-hetero) is 1. The minimum atomic E-state index is -1.05. The number of ketones is 1. The van der Waals surface area contributed by atoms with Gasteiger partial charge in [-0.3, -0.25) is 14.4 Å². The molecular formula is C22H17N3O6S. The molecule has 2 heterocycles. The predicted octanol–water partition coefficient (Wildman–Crippen LogP) is 3.08. The smallest absolute Gasteiger partial charge is 0.338 e. The number of hydrogen-bond acceptors (Lipinski definition) is 9. The molecule has 0 saturated heterocycles. The van der Waals surface area contributed by atoms with E-state index in [0.29, 0.717) is 16.3 Å². The molecule has 0 aliphatic carbocycles. The van der Waals surface area contributed by atoms with Crippen LogP contribution in [0.5, 0.6) is 5.75 Å². The Bertz CT molecular complexity index is 1250. The molecule has 3 aromatic rings. The Hall–Kier alpha value is -3.92. The Labute approximate surface area is 186 Å². The predicted molar refractivity (Wildman–Crippen MR) is 114 cm³/mol. The number of methoxy groups -OCH3 is 1. The first-order valence-electron chi connectivity index (χ1n) is 9.52. The first kappa shape index (κ1) is 21.3. The summed E-state index contributed by atoms with van der Waals surface area (Å²) in [6.45, 7) is 3.17. The average Bonchev–Trinajstić information content (AvgIpc) is 3.33. The number of carbonyl (C=O) groups is 4. The van der Waals surface area contributed by atoms with Crippen molar-refractivity contribution in [2.24, 2.45) is 0 Å². The summed E-state index contributed by atoms with van der Waals surface area (Å²) in [5, 5.41) is 8.46. The van der Waals surface area contributed by atoms with Gasteiger partial charge in [0.25, 0.3) is 11.8 Å². The number of rotatable bonds is 6. The van der Waals surface area contributed by atoms with Gasteiger partial charge in [-0.2, -0.15) is 0 Å². The highest BCUT2D eigenvalue weighted by molar-refractivity contribution is 7.15. The van der Waals surface area contributed by atoms with Crippen molar-refractivity contribution in [3.63, 3.8) is 0 Å². The van der Waals surface area contributed by atoms with Gasteiger partial charge < -0.3 is 9.47 Å². The number of fused-ring (bicyclic) bond motifs is 1. The first-order chi connectivity index (χ1) is 15.3. The quantitative estimate of drug-likeness (QED) is 0.319. The molecule has 0 N–H and O–H groups in total. The lowest BCUT2D eigenvalue weighted by molar-refractivity contribution is 0.0318. The van der Waals surface area contributed by atoms with E-state index in [-0.39, 0.29) is 27.6 Å². The second kappa shape index (κ2) is 8.31. The van der Waals surface area contributed by atoms with Crippen LogP contribution in [-0.2, 0) is 4.74 Å². The van der Waals surface area contributed by atoms with Crippen molar-refractivity contribution < 1.29 is 28.7 Å². The number of aromatic nitrogens is 2. The second-order valence-corrected chi connectivity index (χ2v) is 8.11. The van der Waals surface area contributed by atoms with Crippen molar-refractivity contribution in [2.45, 2.75) is 20.0 Å². The van der Waals surface area contributed by atoms with Crippen LogP contribution in [0.3, 0.4) is 0 Å². The lowest BCUT2D eigenvalue weighted by Gasteiger charge is -2.13. The number of amides is 2. The summed E-state index contributed by atoms with van der Waals surface area (Å²) >= 11 is 1.11. The van der Waals surface area contributed by atoms with Gasteiger partial charge in [-0.25, -0.2) is 9.69 Å². The molecule has 1 aliphatic heterocycles. The molecule has 0 fully saturated rings. The number of hydrogen-bond donors (Lipinski definition) is 0. The second-order valence-electron chi connectivity index (χ2n) is 6.95. The Morgan fingerprint density at radius 1 is 0.969 bits per heavy atom. The fraction of sp³-hybridized carbons (Fsp3) is 0.182. The van der Waals surface area contributed by atoms with E-state index >= 15 is 0 Å². The van der Waals surface area contributed by atoms with Crippen molar-refractivity contribution >= 4 is 40.0 Å². The number of nitrogens with zero attached hydrogens (tertiary/aromatic N) is 3. The third-order valence-corrected chi connectivity index (χ3v) is 5.68. The number of imide groups is 1. The minimum Gasteiger partial charge on any atom is -0.497 e. The summed E-state index contributed by atoms with van der Waals surface area (Å²) in [6.07, 6.45) is -1.05. The molecule has 0 unspecified atom stereocenters. The van der Waals surface area contributed by atoms with Crippen LogP contribution in [0.4, 0.5) is 5.13 Å². The SMILES string of the molecule is COc1ccc(C(=O)[C@@H](C)OC(=O)c2ccc3c(c2)C(=O)N(c2nnc(C)s2)C3=O)cc1. The maximum absolute atomic E-state index is 12.8. The molecule has 1 atom stereocenters. The van der Waals surface area contributed by atoms with E-state index in [2.05, 4.69) is 10.2 Å². The van der Waals surface area contributed by atoms with Crippen molar-refractivity contribution in [3.05, 3.63) is 69.7 Å². The molecule has 1 aromatic heterocycles. The zero-order valence-corrected chi connectivity index (χ0v) is 18.1. The van der Waals surface area contributed by atoms with Crippen LogP contribution in [0.1, 0.15) is 53.4 Å². The molecule has 0 saturated carbocycles. The van der Waals surface area contributed by atoms with E-state index in [1.807, 2.05) is 0 Å². The Kier molecular flexibility index (Phi) is 5.54. The number of anilines is 1. The van der Waals surface area contributed by atoms with Gasteiger partial charge in [0.15, 0.2) is 6.10 Å². The van der Waals surface area contributed by atoms with Crippen molar-refractivity contribution in [1.29, 1.82) is 0 Å². The molecule has 0 spiro atoms. The van der Waals surface area contributed by atoms with Crippen LogP contribution in [0.2, 0.25) is 0 Å². The Morgan fingerprint density at radius 3 is 2.25 bits per heavy atom. The molecule has 0 bridgehead atoms. The molecule has 0 radical (unpaired) electrons. The number of benzene rings is 2. The van der Waals surface area contributed by atoms with Crippen LogP contribution >= 0.6 is 11.3 Å². The van der Waals surface area contributed by atoms with E-state index in [0.717, 1.165) is 16.2 Å². The fourth-order valence-electron chi connectivity index (χ4n) is 3.19. The van der Waals surface area contributed by atoms with E-state index in [9.17, 15) is 19.2 Å². The average molecular weight is 451 g/mol. The third-order valence-electron chi connectivity index (χ3n) is 4.86. The molecule has 162 valence electrons. The molecule has 32 heavy (non-hydrogen) atoms. The third kappa shape index (κ3) is 3.76. The molecule has 9 nitrogen and oxygen atoms in total. The fourth-order valence-corrected chi connectivity index (χ4v) is 3.87. The first-order valence-corrected chi connectivity index (χ1v) is 10.3. The van der Waals surface area contributed by atoms with Gasteiger partial charge in [-0.05, 0) is 56.3 Å². The van der Waals surface area contributed by atoms with Gasteiger partial charge >= 0.3 is 5.97 Å². The van der Waals surface area contributed by atoms with Gasteiger partial charge in [-0.15, -0.1) is 10.2 Å². The zero-order chi connectivity index (χ0) is 23.0. The van der Waals surface area contributed by atoms with Gasteiger partial charge in [0, 0.05) is 5.56 Å². The van der Waals surface area contributed by atoms with Gasteiger partial charge in [0.05, 0.1) is 23.8 Å². The summed E-state index contributed by atoms with van der Waals surface area (Å²) < 4.78 is 10.4. The van der Waals surface area contributed by atoms with Crippen LogP contribution in [0.15, 0.2) is 42.5 Å². The van der Waals surface area contributed by atoms with Gasteiger partial charge in [0.1, 0.15) is 10.8 Å². The maximum atomic E-state index is 12.8. The normalized spacial score (nSPS) is 13.7. The highest BCUT2D eigenvalue weighted by Gasteiger charge is 2.39. The highest BCUT2D eigenvalue weighted by Crippen LogP contribution is 2.31. The van der Waals surface area contributed by atoms with E-state index < -0.39 is 23.9 Å². The summed E-state index contributed by atoms with van der Waals surface area (Å²) in [7, 11) is 1.52. The molecule has 4 rings (SSSR count). The summed E-state index contributed by atoms with van der Waals surface area (Å²) in [6, 6.07) is 10.5. The van der Waals surface area contributed by atoms with Crippen LogP contribution < -0.4 is 9.64 Å². The van der Waals surface area contributed by atoms with Crippen LogP contribution in [0.25, 0.3) is 0 Å². The lowest BCUT2D eigenvalue weighted by Crippen LogP contribution is -2.29. The summed E-state index contributed by atoms with van der Waals surface area (Å²) in [5.74, 6) is -1.71. The highest BCUT2D eigenvalue weighted by atomic mass is 32.1. The number of ether oxygens (including phenoxy) is 2. The number of aryl methyl sites for hydroxylation is 1. The summed E-state index contributed by atoms with van der Waals surface area (Å²) in [5.41, 5.74) is 0.631. The minimum absolute atomic E-state index is 0.0505. The monoisotopic (exact) mass is 451 g/mol. The number of esters is 1. The van der Waals surface area contributed by atoms with E-state index in [1.54, 1.807) is 31.2 Å². The van der Waals surface area contributed by atoms with Gasteiger partial charge in [-0.1, -0.05) is 11.3 Å².